The van der Waals surface area contributed by atoms with E-state index in [1.54, 1.807) is 17.5 Å². The van der Waals surface area contributed by atoms with Crippen molar-refractivity contribution in [1.29, 1.82) is 0 Å². The third kappa shape index (κ3) is 2.93. The minimum atomic E-state index is -0.570. The van der Waals surface area contributed by atoms with Gasteiger partial charge in [-0.1, -0.05) is 13.0 Å². The van der Waals surface area contributed by atoms with Crippen molar-refractivity contribution in [3.63, 3.8) is 0 Å². The number of carbonyl (C=O) groups is 2. The number of hydrogen-bond acceptors (Lipinski definition) is 3. The zero-order valence-electron chi connectivity index (χ0n) is 10.7. The maximum atomic E-state index is 12.1. The van der Waals surface area contributed by atoms with Crippen molar-refractivity contribution in [3.05, 3.63) is 40.7 Å². The molecule has 2 rings (SSSR count). The largest absolute Gasteiger partial charge is 0.368 e. The monoisotopic (exact) mass is 276 g/mol. The molecule has 1 aliphatic heterocycles. The Bertz CT molecular complexity index is 532. The van der Waals surface area contributed by atoms with Gasteiger partial charge in [0, 0.05) is 12.6 Å². The van der Waals surface area contributed by atoms with Gasteiger partial charge in [0.1, 0.15) is 6.04 Å². The zero-order chi connectivity index (χ0) is 13.8. The Morgan fingerprint density at radius 1 is 1.58 bits per heavy atom. The van der Waals surface area contributed by atoms with Gasteiger partial charge in [0.15, 0.2) is 0 Å². The van der Waals surface area contributed by atoms with Crippen molar-refractivity contribution in [2.24, 2.45) is 5.73 Å². The maximum Gasteiger partial charge on any atom is 0.240 e. The Kier molecular flexibility index (Phi) is 4.16. The standard InChI is InChI=1S/C14H16N2O2S/c1-2-12(14(15)18)16-7-5-10(3-4-13(16)17)11-6-8-19-9-11/h3,5-9,12H,2,4H2,1H3,(H2,15,18). The molecule has 1 unspecified atom stereocenters. The summed E-state index contributed by atoms with van der Waals surface area (Å²) in [7, 11) is 0. The first-order valence-electron chi connectivity index (χ1n) is 6.15. The van der Waals surface area contributed by atoms with E-state index >= 15 is 0 Å². The smallest absolute Gasteiger partial charge is 0.240 e. The molecule has 19 heavy (non-hydrogen) atoms. The van der Waals surface area contributed by atoms with E-state index in [9.17, 15) is 9.59 Å². The van der Waals surface area contributed by atoms with Gasteiger partial charge in [-0.2, -0.15) is 11.3 Å². The van der Waals surface area contributed by atoms with Crippen LogP contribution in [-0.4, -0.2) is 22.8 Å². The molecule has 4 nitrogen and oxygen atoms in total. The molecule has 1 aliphatic rings. The van der Waals surface area contributed by atoms with E-state index in [4.69, 9.17) is 5.73 Å². The summed E-state index contributed by atoms with van der Waals surface area (Å²) in [4.78, 5) is 24.9. The molecule has 0 bridgehead atoms. The molecular weight excluding hydrogens is 260 g/mol. The summed E-state index contributed by atoms with van der Waals surface area (Å²) < 4.78 is 0. The van der Waals surface area contributed by atoms with Gasteiger partial charge in [-0.15, -0.1) is 0 Å². The molecule has 100 valence electrons. The number of primary amides is 1. The fourth-order valence-electron chi connectivity index (χ4n) is 2.07. The lowest BCUT2D eigenvalue weighted by Gasteiger charge is -2.24. The minimum absolute atomic E-state index is 0.105. The lowest BCUT2D eigenvalue weighted by Crippen LogP contribution is -2.44. The van der Waals surface area contributed by atoms with Gasteiger partial charge < -0.3 is 10.6 Å². The minimum Gasteiger partial charge on any atom is -0.368 e. The van der Waals surface area contributed by atoms with Crippen LogP contribution in [0.3, 0.4) is 0 Å². The van der Waals surface area contributed by atoms with Crippen LogP contribution in [0.5, 0.6) is 0 Å². The summed E-state index contributed by atoms with van der Waals surface area (Å²) in [6, 6.07) is 1.44. The van der Waals surface area contributed by atoms with Gasteiger partial charge in [-0.05, 0) is 40.5 Å². The van der Waals surface area contributed by atoms with Crippen molar-refractivity contribution in [2.45, 2.75) is 25.8 Å². The van der Waals surface area contributed by atoms with Gasteiger partial charge in [0.05, 0.1) is 0 Å². The predicted molar refractivity (Wildman–Crippen MR) is 76.2 cm³/mol. The van der Waals surface area contributed by atoms with Crippen molar-refractivity contribution < 1.29 is 9.59 Å². The number of nitrogens with zero attached hydrogens (tertiary/aromatic N) is 1. The molecule has 2 amide bonds. The molecule has 5 heteroatoms. The van der Waals surface area contributed by atoms with Crippen LogP contribution in [0.15, 0.2) is 35.2 Å². The number of thiophene rings is 1. The van der Waals surface area contributed by atoms with Crippen LogP contribution in [-0.2, 0) is 9.59 Å². The predicted octanol–water partition coefficient (Wildman–Crippen LogP) is 2.14. The summed E-state index contributed by atoms with van der Waals surface area (Å²) in [6.45, 7) is 1.84. The highest BCUT2D eigenvalue weighted by atomic mass is 32.1. The van der Waals surface area contributed by atoms with Crippen molar-refractivity contribution in [1.82, 2.24) is 4.90 Å². The van der Waals surface area contributed by atoms with Crippen molar-refractivity contribution >= 4 is 28.7 Å². The zero-order valence-corrected chi connectivity index (χ0v) is 11.5. The summed E-state index contributed by atoms with van der Waals surface area (Å²) in [5.74, 6) is -0.577. The van der Waals surface area contributed by atoms with E-state index in [-0.39, 0.29) is 12.3 Å². The second kappa shape index (κ2) is 5.84. The molecule has 0 radical (unpaired) electrons. The maximum absolute atomic E-state index is 12.1. The van der Waals surface area contributed by atoms with Gasteiger partial charge in [0.2, 0.25) is 11.8 Å². The van der Waals surface area contributed by atoms with E-state index in [1.807, 2.05) is 35.9 Å². The van der Waals surface area contributed by atoms with E-state index in [2.05, 4.69) is 0 Å². The summed E-state index contributed by atoms with van der Waals surface area (Å²) in [5.41, 5.74) is 7.42. The van der Waals surface area contributed by atoms with Gasteiger partial charge in [-0.3, -0.25) is 9.59 Å². The molecule has 0 aromatic carbocycles. The molecule has 0 saturated heterocycles. The number of carbonyl (C=O) groups excluding carboxylic acids is 2. The Morgan fingerprint density at radius 3 is 2.95 bits per heavy atom. The average Bonchev–Trinajstić information content (AvgIpc) is 2.84. The van der Waals surface area contributed by atoms with Crippen LogP contribution in [0.4, 0.5) is 0 Å². The molecule has 0 spiro atoms. The Morgan fingerprint density at radius 2 is 2.37 bits per heavy atom. The summed E-state index contributed by atoms with van der Waals surface area (Å²) >= 11 is 1.61. The highest BCUT2D eigenvalue weighted by molar-refractivity contribution is 7.08. The lowest BCUT2D eigenvalue weighted by atomic mass is 10.1. The molecule has 1 aromatic rings. The second-order valence-corrected chi connectivity index (χ2v) is 5.10. The SMILES string of the molecule is CCC(C(N)=O)N1C=CC(c2ccsc2)=CCC1=O. The normalized spacial score (nSPS) is 17.0. The summed E-state index contributed by atoms with van der Waals surface area (Å²) in [5, 5.41) is 4.02. The van der Waals surface area contributed by atoms with E-state index in [0.29, 0.717) is 6.42 Å². The third-order valence-electron chi connectivity index (χ3n) is 3.10. The van der Waals surface area contributed by atoms with Gasteiger partial charge in [0.25, 0.3) is 0 Å². The molecule has 0 fully saturated rings. The van der Waals surface area contributed by atoms with Crippen LogP contribution in [0.1, 0.15) is 25.3 Å². The topological polar surface area (TPSA) is 63.4 Å². The molecule has 0 aliphatic carbocycles. The van der Waals surface area contributed by atoms with Crippen LogP contribution >= 0.6 is 11.3 Å². The number of nitrogens with two attached hydrogens (primary N) is 1. The Labute approximate surface area is 116 Å². The van der Waals surface area contributed by atoms with Gasteiger partial charge >= 0.3 is 0 Å². The first kappa shape index (κ1) is 13.5. The Hall–Kier alpha value is -1.88. The fourth-order valence-corrected chi connectivity index (χ4v) is 2.73. The van der Waals surface area contributed by atoms with Crippen LogP contribution in [0.2, 0.25) is 0 Å². The average molecular weight is 276 g/mol. The highest BCUT2D eigenvalue weighted by Crippen LogP contribution is 2.23. The quantitative estimate of drug-likeness (QED) is 0.915. The highest BCUT2D eigenvalue weighted by Gasteiger charge is 2.25. The van der Waals surface area contributed by atoms with Crippen LogP contribution in [0, 0.1) is 0 Å². The third-order valence-corrected chi connectivity index (χ3v) is 3.79. The van der Waals surface area contributed by atoms with E-state index in [1.165, 1.54) is 4.90 Å². The van der Waals surface area contributed by atoms with Crippen LogP contribution in [0.25, 0.3) is 5.57 Å². The number of amides is 2. The lowest BCUT2D eigenvalue weighted by molar-refractivity contribution is -0.135. The molecular formula is C14H16N2O2S. The summed E-state index contributed by atoms with van der Waals surface area (Å²) in [6.07, 6.45) is 6.20. The van der Waals surface area contributed by atoms with E-state index < -0.39 is 11.9 Å². The molecule has 2 N–H and O–H groups in total. The molecule has 2 heterocycles. The van der Waals surface area contributed by atoms with Gasteiger partial charge in [-0.25, -0.2) is 0 Å². The first-order chi connectivity index (χ1) is 9.13. The number of allylic oxidation sites excluding steroid dienone is 2. The molecule has 1 aromatic heterocycles. The molecule has 1 atom stereocenters. The second-order valence-electron chi connectivity index (χ2n) is 4.32. The Balaban J connectivity index is 2.25. The fraction of sp³-hybridized carbons (Fsp3) is 0.286. The molecule has 0 saturated carbocycles. The van der Waals surface area contributed by atoms with Crippen molar-refractivity contribution in [2.75, 3.05) is 0 Å². The van der Waals surface area contributed by atoms with Crippen molar-refractivity contribution in [3.8, 4) is 0 Å². The number of rotatable bonds is 4. The van der Waals surface area contributed by atoms with Crippen LogP contribution < -0.4 is 5.73 Å². The van der Waals surface area contributed by atoms with E-state index in [0.717, 1.165) is 11.1 Å². The number of hydrogen-bond donors (Lipinski definition) is 1. The first-order valence-corrected chi connectivity index (χ1v) is 7.09.